The summed E-state index contributed by atoms with van der Waals surface area (Å²) in [6.45, 7) is 5.77. The normalized spacial score (nSPS) is 11.9. The van der Waals surface area contributed by atoms with Gasteiger partial charge in [0.25, 0.3) is 0 Å². The maximum absolute atomic E-state index is 13.7. The van der Waals surface area contributed by atoms with Crippen LogP contribution in [0.25, 0.3) is 0 Å². The minimum absolute atomic E-state index is 0.149. The van der Waals surface area contributed by atoms with Crippen LogP contribution < -0.4 is 15.4 Å². The first-order valence-electron chi connectivity index (χ1n) is 9.50. The van der Waals surface area contributed by atoms with Crippen LogP contribution in [0.15, 0.2) is 47.5 Å². The third-order valence-corrected chi connectivity index (χ3v) is 4.89. The number of sulfone groups is 1. The molecule has 0 aliphatic heterocycles. The molecule has 8 heteroatoms. The van der Waals surface area contributed by atoms with Crippen LogP contribution in [0.1, 0.15) is 30.5 Å². The molecule has 2 aromatic rings. The number of nitrogens with zero attached hydrogens (tertiary/aromatic N) is 1. The molecule has 29 heavy (non-hydrogen) atoms. The smallest absolute Gasteiger partial charge is 0.191 e. The van der Waals surface area contributed by atoms with E-state index >= 15 is 0 Å². The number of halogens is 1. The van der Waals surface area contributed by atoms with Gasteiger partial charge in [-0.25, -0.2) is 17.8 Å². The van der Waals surface area contributed by atoms with E-state index in [2.05, 4.69) is 15.6 Å². The molecule has 0 fully saturated rings. The molecule has 2 rings (SSSR count). The van der Waals surface area contributed by atoms with Gasteiger partial charge >= 0.3 is 0 Å². The Bertz CT molecular complexity index is 946. The maximum Gasteiger partial charge on any atom is 0.191 e. The Morgan fingerprint density at radius 3 is 2.52 bits per heavy atom. The number of hydrogen-bond donors (Lipinski definition) is 2. The second kappa shape index (κ2) is 10.8. The molecule has 0 unspecified atom stereocenters. The Hall–Kier alpha value is -2.61. The van der Waals surface area contributed by atoms with Gasteiger partial charge in [-0.15, -0.1) is 0 Å². The van der Waals surface area contributed by atoms with Crippen molar-refractivity contribution < 1.29 is 17.5 Å². The van der Waals surface area contributed by atoms with Gasteiger partial charge in [-0.05, 0) is 43.2 Å². The minimum Gasteiger partial charge on any atom is -0.494 e. The molecule has 0 aliphatic carbocycles. The van der Waals surface area contributed by atoms with Gasteiger partial charge < -0.3 is 15.4 Å². The number of aliphatic imine (C=N–C) groups is 1. The molecule has 0 spiro atoms. The molecular weight excluding hydrogens is 393 g/mol. The number of para-hydroxylation sites is 1. The Labute approximate surface area is 172 Å². The summed E-state index contributed by atoms with van der Waals surface area (Å²) in [6, 6.07) is 11.8. The number of guanidine groups is 1. The molecule has 0 radical (unpaired) electrons. The van der Waals surface area contributed by atoms with Crippen LogP contribution in [-0.2, 0) is 28.7 Å². The predicted octanol–water partition coefficient (Wildman–Crippen LogP) is 3.02. The lowest BCUT2D eigenvalue weighted by molar-refractivity contribution is 0.336. The molecule has 2 aromatic carbocycles. The van der Waals surface area contributed by atoms with E-state index in [9.17, 15) is 12.8 Å². The Morgan fingerprint density at radius 1 is 1.07 bits per heavy atom. The summed E-state index contributed by atoms with van der Waals surface area (Å²) >= 11 is 0. The zero-order valence-electron chi connectivity index (χ0n) is 17.0. The van der Waals surface area contributed by atoms with E-state index in [-0.39, 0.29) is 12.3 Å². The first kappa shape index (κ1) is 22.7. The Morgan fingerprint density at radius 2 is 1.83 bits per heavy atom. The van der Waals surface area contributed by atoms with Crippen molar-refractivity contribution in [1.82, 2.24) is 10.6 Å². The summed E-state index contributed by atoms with van der Waals surface area (Å²) in [5.41, 5.74) is 2.08. The van der Waals surface area contributed by atoms with Crippen LogP contribution in [0.2, 0.25) is 0 Å². The van der Waals surface area contributed by atoms with Crippen molar-refractivity contribution in [3.8, 4) is 5.75 Å². The molecule has 0 saturated carbocycles. The largest absolute Gasteiger partial charge is 0.494 e. The van der Waals surface area contributed by atoms with Crippen molar-refractivity contribution in [1.29, 1.82) is 0 Å². The summed E-state index contributed by atoms with van der Waals surface area (Å²) in [5, 5.41) is 6.38. The van der Waals surface area contributed by atoms with E-state index < -0.39 is 15.7 Å². The van der Waals surface area contributed by atoms with Crippen molar-refractivity contribution in [2.75, 3.05) is 19.4 Å². The fraction of sp³-hybridized carbons (Fsp3) is 0.381. The highest BCUT2D eigenvalue weighted by Gasteiger charge is 2.11. The summed E-state index contributed by atoms with van der Waals surface area (Å²) in [6.07, 6.45) is 1.16. The first-order valence-corrected chi connectivity index (χ1v) is 11.6. The molecule has 6 nitrogen and oxygen atoms in total. The molecule has 0 heterocycles. The highest BCUT2D eigenvalue weighted by atomic mass is 32.2. The average molecular weight is 422 g/mol. The van der Waals surface area contributed by atoms with Gasteiger partial charge in [-0.3, -0.25) is 0 Å². The van der Waals surface area contributed by atoms with Gasteiger partial charge in [0.15, 0.2) is 15.8 Å². The molecule has 0 saturated heterocycles. The van der Waals surface area contributed by atoms with Crippen molar-refractivity contribution in [3.05, 3.63) is 65.0 Å². The van der Waals surface area contributed by atoms with Gasteiger partial charge in [0.2, 0.25) is 0 Å². The molecule has 0 aromatic heterocycles. The van der Waals surface area contributed by atoms with E-state index in [0.717, 1.165) is 17.6 Å². The number of benzene rings is 2. The van der Waals surface area contributed by atoms with Gasteiger partial charge in [0.1, 0.15) is 11.6 Å². The zero-order chi connectivity index (χ0) is 21.3. The fourth-order valence-corrected chi connectivity index (χ4v) is 3.64. The van der Waals surface area contributed by atoms with Gasteiger partial charge in [-0.1, -0.05) is 24.3 Å². The van der Waals surface area contributed by atoms with Crippen molar-refractivity contribution in [2.45, 2.75) is 32.7 Å². The number of nitrogens with one attached hydrogen (secondary N) is 2. The van der Waals surface area contributed by atoms with E-state index in [1.807, 2.05) is 38.1 Å². The summed E-state index contributed by atoms with van der Waals surface area (Å²) in [5.74, 6) is 0.785. The maximum atomic E-state index is 13.7. The highest BCUT2D eigenvalue weighted by molar-refractivity contribution is 7.89. The number of hydrogen-bond acceptors (Lipinski definition) is 4. The second-order valence-corrected chi connectivity index (χ2v) is 8.71. The third-order valence-electron chi connectivity index (χ3n) is 4.06. The molecular formula is C21H28FN3O3S. The summed E-state index contributed by atoms with van der Waals surface area (Å²) < 4.78 is 42.6. The average Bonchev–Trinajstić information content (AvgIpc) is 2.66. The standard InChI is InChI=1S/C21H28FN3O3S/c1-4-23-21(24-13-16-8-6-7-9-20(16)28-5-2)25-14-18-12-19(22)11-10-17(18)15-29(3,26)27/h6-12H,4-5,13-15H2,1-3H3,(H2,23,24,25). The lowest BCUT2D eigenvalue weighted by Gasteiger charge is -2.14. The SMILES string of the molecule is CCNC(=NCc1cc(F)ccc1CS(C)(=O)=O)NCc1ccccc1OCC. The van der Waals surface area contributed by atoms with Crippen LogP contribution in [-0.4, -0.2) is 33.8 Å². The number of rotatable bonds is 9. The topological polar surface area (TPSA) is 79.8 Å². The van der Waals surface area contributed by atoms with Gasteiger partial charge in [-0.2, -0.15) is 0 Å². The van der Waals surface area contributed by atoms with E-state index in [1.54, 1.807) is 0 Å². The lowest BCUT2D eigenvalue weighted by atomic mass is 10.1. The van der Waals surface area contributed by atoms with Gasteiger partial charge in [0.05, 0.1) is 18.9 Å². The second-order valence-electron chi connectivity index (χ2n) is 6.57. The van der Waals surface area contributed by atoms with Gasteiger partial charge in [0, 0.05) is 24.9 Å². The monoisotopic (exact) mass is 421 g/mol. The van der Waals surface area contributed by atoms with Crippen LogP contribution >= 0.6 is 0 Å². The minimum atomic E-state index is -3.23. The zero-order valence-corrected chi connectivity index (χ0v) is 17.9. The number of ether oxygens (including phenoxy) is 1. The fourth-order valence-electron chi connectivity index (χ4n) is 2.80. The molecule has 0 bridgehead atoms. The molecule has 2 N–H and O–H groups in total. The molecule has 0 aliphatic rings. The molecule has 0 atom stereocenters. The predicted molar refractivity (Wildman–Crippen MR) is 114 cm³/mol. The van der Waals surface area contributed by atoms with Crippen LogP contribution in [0.5, 0.6) is 5.75 Å². The molecule has 0 amide bonds. The quantitative estimate of drug-likeness (QED) is 0.481. The van der Waals surface area contributed by atoms with E-state index in [1.165, 1.54) is 18.2 Å². The Balaban J connectivity index is 2.17. The van der Waals surface area contributed by atoms with Crippen LogP contribution in [0, 0.1) is 5.82 Å². The van der Waals surface area contributed by atoms with Crippen molar-refractivity contribution in [2.24, 2.45) is 4.99 Å². The lowest BCUT2D eigenvalue weighted by Crippen LogP contribution is -2.36. The van der Waals surface area contributed by atoms with Crippen molar-refractivity contribution >= 4 is 15.8 Å². The molecule has 158 valence electrons. The Kier molecular flexibility index (Phi) is 8.45. The third kappa shape index (κ3) is 7.73. The van der Waals surface area contributed by atoms with Crippen LogP contribution in [0.3, 0.4) is 0 Å². The van der Waals surface area contributed by atoms with Crippen LogP contribution in [0.4, 0.5) is 4.39 Å². The van der Waals surface area contributed by atoms with E-state index in [4.69, 9.17) is 4.74 Å². The van der Waals surface area contributed by atoms with Crippen molar-refractivity contribution in [3.63, 3.8) is 0 Å². The highest BCUT2D eigenvalue weighted by Crippen LogP contribution is 2.18. The first-order chi connectivity index (χ1) is 13.8. The van der Waals surface area contributed by atoms with E-state index in [0.29, 0.717) is 36.8 Å². The summed E-state index contributed by atoms with van der Waals surface area (Å²) in [7, 11) is -3.23. The summed E-state index contributed by atoms with van der Waals surface area (Å²) in [4.78, 5) is 4.50.